The molecule has 0 saturated heterocycles. The minimum Gasteiger partial charge on any atom is -0.480 e. The average Bonchev–Trinajstić information content (AvgIpc) is 2.28. The molecule has 2 N–H and O–H groups in total. The summed E-state index contributed by atoms with van der Waals surface area (Å²) >= 11 is 0. The lowest BCUT2D eigenvalue weighted by molar-refractivity contribution is -0.143. The number of sulfonamides is 1. The third kappa shape index (κ3) is 4.24. The van der Waals surface area contributed by atoms with Crippen LogP contribution in [0, 0.1) is 5.92 Å². The molecule has 1 aliphatic carbocycles. The van der Waals surface area contributed by atoms with Gasteiger partial charge in [0.15, 0.2) is 0 Å². The molecule has 0 bridgehead atoms. The molecule has 0 aliphatic heterocycles. The molecule has 0 aromatic carbocycles. The largest absolute Gasteiger partial charge is 0.480 e. The van der Waals surface area contributed by atoms with Gasteiger partial charge in [0, 0.05) is 0 Å². The Balaban J connectivity index is 2.66. The van der Waals surface area contributed by atoms with Crippen molar-refractivity contribution in [2.75, 3.05) is 5.75 Å². The SMILES string of the molecule is CCC(C)(NS(=O)(=O)CC1CCCCC1)C(=O)O. The van der Waals surface area contributed by atoms with Crippen LogP contribution in [0.15, 0.2) is 0 Å². The van der Waals surface area contributed by atoms with Crippen molar-refractivity contribution in [3.63, 3.8) is 0 Å². The maximum Gasteiger partial charge on any atom is 0.324 e. The summed E-state index contributed by atoms with van der Waals surface area (Å²) in [5.74, 6) is -0.904. The van der Waals surface area contributed by atoms with Crippen LogP contribution in [0.2, 0.25) is 0 Å². The highest BCUT2D eigenvalue weighted by molar-refractivity contribution is 7.89. The maximum atomic E-state index is 12.0. The summed E-state index contributed by atoms with van der Waals surface area (Å²) in [6, 6.07) is 0. The minimum atomic E-state index is -3.53. The van der Waals surface area contributed by atoms with Gasteiger partial charge in [-0.1, -0.05) is 26.2 Å². The Morgan fingerprint density at radius 1 is 1.33 bits per heavy atom. The number of carboxylic acids is 1. The van der Waals surface area contributed by atoms with Crippen LogP contribution in [0.4, 0.5) is 0 Å². The topological polar surface area (TPSA) is 83.5 Å². The lowest BCUT2D eigenvalue weighted by atomic mass is 9.91. The van der Waals surface area contributed by atoms with Crippen molar-refractivity contribution in [2.24, 2.45) is 5.92 Å². The molecule has 0 spiro atoms. The maximum absolute atomic E-state index is 12.0. The second-order valence-corrected chi connectivity index (χ2v) is 7.15. The van der Waals surface area contributed by atoms with Gasteiger partial charge in [0.25, 0.3) is 0 Å². The molecule has 0 heterocycles. The van der Waals surface area contributed by atoms with Crippen molar-refractivity contribution >= 4 is 16.0 Å². The third-order valence-electron chi connectivity index (χ3n) is 3.74. The number of carbonyl (C=O) groups is 1. The summed E-state index contributed by atoms with van der Waals surface area (Å²) < 4.78 is 26.3. The number of rotatable bonds is 6. The van der Waals surface area contributed by atoms with Gasteiger partial charge in [-0.05, 0) is 32.1 Å². The molecule has 18 heavy (non-hydrogen) atoms. The second-order valence-electron chi connectivity index (χ2n) is 5.38. The zero-order valence-electron chi connectivity index (χ0n) is 11.1. The zero-order chi connectivity index (χ0) is 13.8. The predicted octanol–water partition coefficient (Wildman–Crippen LogP) is 1.74. The molecule has 6 heteroatoms. The Hall–Kier alpha value is -0.620. The molecule has 106 valence electrons. The number of carboxylic acid groups (broad SMARTS) is 1. The molecule has 0 radical (unpaired) electrons. The molecule has 1 saturated carbocycles. The lowest BCUT2D eigenvalue weighted by Gasteiger charge is -2.27. The second kappa shape index (κ2) is 6.02. The van der Waals surface area contributed by atoms with E-state index in [1.165, 1.54) is 13.3 Å². The van der Waals surface area contributed by atoms with Crippen molar-refractivity contribution in [1.82, 2.24) is 4.72 Å². The summed E-state index contributed by atoms with van der Waals surface area (Å²) in [5.41, 5.74) is -1.40. The fourth-order valence-corrected chi connectivity index (χ4v) is 4.27. The van der Waals surface area contributed by atoms with Crippen molar-refractivity contribution in [1.29, 1.82) is 0 Å². The first kappa shape index (κ1) is 15.4. The molecular weight excluding hydrogens is 254 g/mol. The van der Waals surface area contributed by atoms with E-state index in [-0.39, 0.29) is 18.1 Å². The van der Waals surface area contributed by atoms with E-state index in [4.69, 9.17) is 5.11 Å². The zero-order valence-corrected chi connectivity index (χ0v) is 11.9. The summed E-state index contributed by atoms with van der Waals surface area (Å²) in [5, 5.41) is 9.07. The van der Waals surface area contributed by atoms with Crippen LogP contribution in [-0.2, 0) is 14.8 Å². The molecule has 1 atom stereocenters. The van der Waals surface area contributed by atoms with Crippen LogP contribution in [0.1, 0.15) is 52.4 Å². The Bertz CT molecular complexity index is 387. The normalized spacial score (nSPS) is 21.4. The number of hydrogen-bond acceptors (Lipinski definition) is 3. The van der Waals surface area contributed by atoms with Gasteiger partial charge in [-0.2, -0.15) is 4.72 Å². The fraction of sp³-hybridized carbons (Fsp3) is 0.917. The molecule has 0 aromatic heterocycles. The third-order valence-corrected chi connectivity index (χ3v) is 5.41. The van der Waals surface area contributed by atoms with Gasteiger partial charge in [0.1, 0.15) is 5.54 Å². The van der Waals surface area contributed by atoms with Crippen molar-refractivity contribution in [3.8, 4) is 0 Å². The van der Waals surface area contributed by atoms with Crippen LogP contribution in [-0.4, -0.2) is 30.8 Å². The summed E-state index contributed by atoms with van der Waals surface area (Å²) in [7, 11) is -3.53. The lowest BCUT2D eigenvalue weighted by Crippen LogP contribution is -2.52. The first-order valence-electron chi connectivity index (χ1n) is 6.54. The number of nitrogens with one attached hydrogen (secondary N) is 1. The van der Waals surface area contributed by atoms with Gasteiger partial charge in [0.2, 0.25) is 10.0 Å². The molecule has 1 unspecified atom stereocenters. The van der Waals surface area contributed by atoms with Crippen molar-refractivity contribution < 1.29 is 18.3 Å². The summed E-state index contributed by atoms with van der Waals surface area (Å²) in [6.07, 6.45) is 5.40. The Labute approximate surface area is 109 Å². The van der Waals surface area contributed by atoms with E-state index in [2.05, 4.69) is 4.72 Å². The van der Waals surface area contributed by atoms with Crippen LogP contribution in [0.25, 0.3) is 0 Å². The van der Waals surface area contributed by atoms with E-state index in [1.807, 2.05) is 0 Å². The fourth-order valence-electron chi connectivity index (χ4n) is 2.32. The highest BCUT2D eigenvalue weighted by Gasteiger charge is 2.36. The molecule has 0 amide bonds. The van der Waals surface area contributed by atoms with E-state index < -0.39 is 21.5 Å². The molecular formula is C12H23NO4S. The van der Waals surface area contributed by atoms with Crippen LogP contribution < -0.4 is 4.72 Å². The van der Waals surface area contributed by atoms with E-state index in [0.717, 1.165) is 25.7 Å². The molecule has 1 aliphatic rings. The van der Waals surface area contributed by atoms with Crippen LogP contribution >= 0.6 is 0 Å². The smallest absolute Gasteiger partial charge is 0.324 e. The Morgan fingerprint density at radius 3 is 2.33 bits per heavy atom. The van der Waals surface area contributed by atoms with E-state index >= 15 is 0 Å². The predicted molar refractivity (Wildman–Crippen MR) is 69.8 cm³/mol. The molecule has 1 fully saturated rings. The van der Waals surface area contributed by atoms with Gasteiger partial charge >= 0.3 is 5.97 Å². The molecule has 1 rings (SSSR count). The standard InChI is InChI=1S/C12H23NO4S/c1-3-12(2,11(14)15)13-18(16,17)9-10-7-5-4-6-8-10/h10,13H,3-9H2,1-2H3,(H,14,15). The van der Waals surface area contributed by atoms with Gasteiger partial charge in [0.05, 0.1) is 5.75 Å². The Kier molecular flexibility index (Phi) is 5.16. The van der Waals surface area contributed by atoms with Gasteiger partial charge in [-0.3, -0.25) is 4.79 Å². The van der Waals surface area contributed by atoms with Gasteiger partial charge in [-0.25, -0.2) is 8.42 Å². The van der Waals surface area contributed by atoms with Crippen LogP contribution in [0.3, 0.4) is 0 Å². The number of hydrogen-bond donors (Lipinski definition) is 2. The van der Waals surface area contributed by atoms with E-state index in [9.17, 15) is 13.2 Å². The van der Waals surface area contributed by atoms with E-state index in [0.29, 0.717) is 0 Å². The van der Waals surface area contributed by atoms with Gasteiger partial charge < -0.3 is 5.11 Å². The quantitative estimate of drug-likeness (QED) is 0.774. The Morgan fingerprint density at radius 2 is 1.89 bits per heavy atom. The first-order valence-corrected chi connectivity index (χ1v) is 8.19. The van der Waals surface area contributed by atoms with Crippen molar-refractivity contribution in [3.05, 3.63) is 0 Å². The summed E-state index contributed by atoms with van der Waals surface area (Å²) in [4.78, 5) is 11.1. The highest BCUT2D eigenvalue weighted by atomic mass is 32.2. The van der Waals surface area contributed by atoms with Crippen molar-refractivity contribution in [2.45, 2.75) is 57.9 Å². The first-order chi connectivity index (χ1) is 8.29. The highest BCUT2D eigenvalue weighted by Crippen LogP contribution is 2.25. The summed E-state index contributed by atoms with van der Waals surface area (Å²) in [6.45, 7) is 3.07. The number of aliphatic carboxylic acids is 1. The van der Waals surface area contributed by atoms with E-state index in [1.54, 1.807) is 6.92 Å². The molecule has 0 aromatic rings. The minimum absolute atomic E-state index is 0.0515. The van der Waals surface area contributed by atoms with Crippen LogP contribution in [0.5, 0.6) is 0 Å². The van der Waals surface area contributed by atoms with Gasteiger partial charge in [-0.15, -0.1) is 0 Å². The molecule has 5 nitrogen and oxygen atoms in total. The monoisotopic (exact) mass is 277 g/mol. The average molecular weight is 277 g/mol.